The van der Waals surface area contributed by atoms with Gasteiger partial charge in [0.25, 0.3) is 0 Å². The fraction of sp³-hybridized carbons (Fsp3) is 0.600. The number of benzene rings is 1. The van der Waals surface area contributed by atoms with Gasteiger partial charge in [0.2, 0.25) is 0 Å². The summed E-state index contributed by atoms with van der Waals surface area (Å²) in [6.07, 6.45) is 3.89. The fourth-order valence-electron chi connectivity index (χ4n) is 3.89. The summed E-state index contributed by atoms with van der Waals surface area (Å²) < 4.78 is 17.7. The highest BCUT2D eigenvalue weighted by atomic mass is 19.1. The predicted molar refractivity (Wildman–Crippen MR) is 104 cm³/mol. The zero-order chi connectivity index (χ0) is 18.5. The first-order valence-corrected chi connectivity index (χ1v) is 9.52. The van der Waals surface area contributed by atoms with Crippen LogP contribution < -0.4 is 9.64 Å². The molecule has 2 saturated heterocycles. The molecule has 0 saturated carbocycles. The van der Waals surface area contributed by atoms with E-state index in [-0.39, 0.29) is 0 Å². The van der Waals surface area contributed by atoms with E-state index < -0.39 is 6.17 Å². The van der Waals surface area contributed by atoms with Gasteiger partial charge in [-0.1, -0.05) is 19.1 Å². The van der Waals surface area contributed by atoms with Crippen LogP contribution in [-0.4, -0.2) is 60.9 Å². The van der Waals surface area contributed by atoms with Crippen molar-refractivity contribution in [2.75, 3.05) is 38.7 Å². The first kappa shape index (κ1) is 18.8. The van der Waals surface area contributed by atoms with Crippen molar-refractivity contribution in [3.63, 3.8) is 0 Å². The van der Waals surface area contributed by atoms with Gasteiger partial charge in [0.05, 0.1) is 12.6 Å². The number of halogens is 1. The summed E-state index contributed by atoms with van der Waals surface area (Å²) in [5.74, 6) is 0.925. The molecule has 142 valence electrons. The minimum Gasteiger partial charge on any atom is -0.467 e. The van der Waals surface area contributed by atoms with E-state index in [1.165, 1.54) is 12.8 Å². The quantitative estimate of drug-likeness (QED) is 0.832. The van der Waals surface area contributed by atoms with Crippen LogP contribution in [0.25, 0.3) is 10.9 Å². The Balaban J connectivity index is 0.000000181. The van der Waals surface area contributed by atoms with Gasteiger partial charge < -0.3 is 9.64 Å². The molecule has 5 nitrogen and oxygen atoms in total. The number of fused-ring (bicyclic) bond motifs is 2. The lowest BCUT2D eigenvalue weighted by atomic mass is 10.1. The van der Waals surface area contributed by atoms with Crippen LogP contribution in [0.4, 0.5) is 10.2 Å². The number of hydrogen-bond acceptors (Lipinski definition) is 5. The highest BCUT2D eigenvalue weighted by Crippen LogP contribution is 2.29. The smallest absolute Gasteiger partial charge is 0.318 e. The topological polar surface area (TPSA) is 41.5 Å². The summed E-state index contributed by atoms with van der Waals surface area (Å²) in [6, 6.07) is 9.01. The van der Waals surface area contributed by atoms with Gasteiger partial charge in [0.1, 0.15) is 12.0 Å². The van der Waals surface area contributed by atoms with Crippen LogP contribution in [0.5, 0.6) is 6.01 Å². The lowest BCUT2D eigenvalue weighted by Gasteiger charge is -2.19. The lowest BCUT2D eigenvalue weighted by molar-refractivity contribution is 0.292. The van der Waals surface area contributed by atoms with E-state index in [0.29, 0.717) is 18.6 Å². The standard InChI is InChI=1S/C13H17N3O.C7H12FN/c1-4-9-16(2)12-10-7-5-6-8-11(10)14-13(15-12)17-3;8-6-4-7-2-1-3-9(7)5-6/h5-8H,4,9H2,1-3H3;6-7H,1-5H2. The summed E-state index contributed by atoms with van der Waals surface area (Å²) in [4.78, 5) is 13.2. The minimum absolute atomic E-state index is 0.418. The Morgan fingerprint density at radius 3 is 2.85 bits per heavy atom. The number of alkyl halides is 1. The molecule has 26 heavy (non-hydrogen) atoms. The third kappa shape index (κ3) is 4.23. The molecule has 2 aromatic rings. The highest BCUT2D eigenvalue weighted by molar-refractivity contribution is 5.89. The molecule has 4 rings (SSSR count). The molecule has 2 aliphatic heterocycles. The van der Waals surface area contributed by atoms with Crippen molar-refractivity contribution < 1.29 is 9.13 Å². The molecule has 0 aliphatic carbocycles. The number of ether oxygens (including phenoxy) is 1. The Morgan fingerprint density at radius 1 is 1.31 bits per heavy atom. The zero-order valence-corrected chi connectivity index (χ0v) is 16.0. The van der Waals surface area contributed by atoms with Crippen molar-refractivity contribution in [1.29, 1.82) is 0 Å². The lowest BCUT2D eigenvalue weighted by Crippen LogP contribution is -2.22. The largest absolute Gasteiger partial charge is 0.467 e. The molecule has 2 aliphatic rings. The number of aromatic nitrogens is 2. The van der Waals surface area contributed by atoms with E-state index in [2.05, 4.69) is 26.7 Å². The monoisotopic (exact) mass is 360 g/mol. The number of rotatable bonds is 4. The molecule has 0 amide bonds. The summed E-state index contributed by atoms with van der Waals surface area (Å²) in [5, 5.41) is 1.06. The molecule has 3 heterocycles. The van der Waals surface area contributed by atoms with Gasteiger partial charge in [-0.25, -0.2) is 4.39 Å². The molecular weight excluding hydrogens is 331 g/mol. The summed E-state index contributed by atoms with van der Waals surface area (Å²) in [7, 11) is 3.63. The zero-order valence-electron chi connectivity index (χ0n) is 16.0. The van der Waals surface area contributed by atoms with Crippen LogP contribution in [0.15, 0.2) is 24.3 Å². The van der Waals surface area contributed by atoms with Gasteiger partial charge in [0.15, 0.2) is 0 Å². The van der Waals surface area contributed by atoms with E-state index in [9.17, 15) is 4.39 Å². The summed E-state index contributed by atoms with van der Waals surface area (Å²) in [6.45, 7) is 4.97. The molecule has 2 atom stereocenters. The van der Waals surface area contributed by atoms with E-state index in [0.717, 1.165) is 42.7 Å². The Labute approximate surface area is 155 Å². The number of hydrogen-bond donors (Lipinski definition) is 0. The van der Waals surface area contributed by atoms with Crippen molar-refractivity contribution in [2.24, 2.45) is 0 Å². The fourth-order valence-corrected chi connectivity index (χ4v) is 3.89. The second-order valence-corrected chi connectivity index (χ2v) is 7.10. The van der Waals surface area contributed by atoms with Gasteiger partial charge in [-0.3, -0.25) is 4.90 Å². The average molecular weight is 360 g/mol. The Morgan fingerprint density at radius 2 is 2.12 bits per heavy atom. The average Bonchev–Trinajstić information content (AvgIpc) is 3.22. The van der Waals surface area contributed by atoms with E-state index >= 15 is 0 Å². The van der Waals surface area contributed by atoms with Crippen LogP contribution in [0, 0.1) is 0 Å². The molecule has 0 radical (unpaired) electrons. The first-order valence-electron chi connectivity index (χ1n) is 9.52. The number of methoxy groups -OCH3 is 1. The molecule has 1 aromatic heterocycles. The predicted octanol–water partition coefficient (Wildman–Crippen LogP) is 3.68. The molecular formula is C20H29FN4O. The molecule has 0 N–H and O–H groups in total. The third-order valence-electron chi connectivity index (χ3n) is 5.13. The highest BCUT2D eigenvalue weighted by Gasteiger charge is 2.34. The maximum Gasteiger partial charge on any atom is 0.318 e. The van der Waals surface area contributed by atoms with E-state index in [1.807, 2.05) is 31.3 Å². The normalized spacial score (nSPS) is 22.0. The number of nitrogens with zero attached hydrogens (tertiary/aromatic N) is 4. The van der Waals surface area contributed by atoms with Gasteiger partial charge >= 0.3 is 6.01 Å². The van der Waals surface area contributed by atoms with Crippen LogP contribution in [0.3, 0.4) is 0 Å². The molecule has 0 bridgehead atoms. The van der Waals surface area contributed by atoms with Crippen molar-refractivity contribution >= 4 is 16.7 Å². The van der Waals surface area contributed by atoms with Crippen LogP contribution in [0.1, 0.15) is 32.6 Å². The van der Waals surface area contributed by atoms with E-state index in [1.54, 1.807) is 7.11 Å². The number of para-hydroxylation sites is 1. The minimum atomic E-state index is -0.518. The third-order valence-corrected chi connectivity index (χ3v) is 5.13. The van der Waals surface area contributed by atoms with Crippen molar-refractivity contribution in [3.05, 3.63) is 24.3 Å². The Bertz CT molecular complexity index is 714. The van der Waals surface area contributed by atoms with Crippen LogP contribution in [-0.2, 0) is 0 Å². The second kappa shape index (κ2) is 8.62. The van der Waals surface area contributed by atoms with Crippen LogP contribution >= 0.6 is 0 Å². The molecule has 2 unspecified atom stereocenters. The van der Waals surface area contributed by atoms with Crippen molar-refractivity contribution in [2.45, 2.75) is 44.8 Å². The summed E-state index contributed by atoms with van der Waals surface area (Å²) >= 11 is 0. The molecule has 2 fully saturated rings. The molecule has 6 heteroatoms. The van der Waals surface area contributed by atoms with E-state index in [4.69, 9.17) is 4.74 Å². The first-order chi connectivity index (χ1) is 12.6. The maximum atomic E-state index is 12.6. The molecule has 0 spiro atoms. The van der Waals surface area contributed by atoms with Gasteiger partial charge in [-0.15, -0.1) is 0 Å². The Hall–Kier alpha value is -1.95. The van der Waals surface area contributed by atoms with Crippen LogP contribution in [0.2, 0.25) is 0 Å². The Kier molecular flexibility index (Phi) is 6.25. The number of anilines is 1. The molecule has 1 aromatic carbocycles. The summed E-state index contributed by atoms with van der Waals surface area (Å²) in [5.41, 5.74) is 0.914. The van der Waals surface area contributed by atoms with Crippen molar-refractivity contribution in [3.8, 4) is 6.01 Å². The maximum absolute atomic E-state index is 12.6. The van der Waals surface area contributed by atoms with Gasteiger partial charge in [-0.05, 0) is 44.4 Å². The SMILES string of the molecule is CCCN(C)c1nc(OC)nc2ccccc12.FC1CC2CCCN2C1. The second-order valence-electron chi connectivity index (χ2n) is 7.10. The van der Waals surface area contributed by atoms with Gasteiger partial charge in [0, 0.05) is 31.6 Å². The van der Waals surface area contributed by atoms with Crippen molar-refractivity contribution in [1.82, 2.24) is 14.9 Å². The van der Waals surface area contributed by atoms with Gasteiger partial charge in [-0.2, -0.15) is 9.97 Å².